The van der Waals surface area contributed by atoms with Crippen LogP contribution in [0.1, 0.15) is 34.0 Å². The smallest absolute Gasteiger partial charge is 0.387 e. The second-order valence-electron chi connectivity index (χ2n) is 12.3. The van der Waals surface area contributed by atoms with Crippen molar-refractivity contribution in [2.75, 3.05) is 18.2 Å². The van der Waals surface area contributed by atoms with Gasteiger partial charge in [0.2, 0.25) is 11.7 Å². The van der Waals surface area contributed by atoms with Gasteiger partial charge >= 0.3 is 6.61 Å². The normalized spacial score (nSPS) is 15.3. The first kappa shape index (κ1) is 36.2. The first-order valence-corrected chi connectivity index (χ1v) is 16.4. The average Bonchev–Trinajstić information content (AvgIpc) is 3.60. The molecule has 14 nitrogen and oxygen atoms in total. The van der Waals surface area contributed by atoms with E-state index in [0.29, 0.717) is 34.6 Å². The Hall–Kier alpha value is -6.55. The molecule has 1 aliphatic heterocycles. The molecule has 0 bridgehead atoms. The molecule has 3 aromatic carbocycles. The van der Waals surface area contributed by atoms with Crippen molar-refractivity contribution in [2.24, 2.45) is 16.5 Å². The molecule has 274 valence electrons. The topological polar surface area (TPSA) is 203 Å². The number of aliphatic imine (C=N–C) groups is 1. The van der Waals surface area contributed by atoms with Crippen LogP contribution in [0.2, 0.25) is 0 Å². The summed E-state index contributed by atoms with van der Waals surface area (Å²) >= 11 is 0. The van der Waals surface area contributed by atoms with Crippen LogP contribution in [0.3, 0.4) is 0 Å². The molecule has 8 N–H and O–H groups in total. The summed E-state index contributed by atoms with van der Waals surface area (Å²) < 4.78 is 41.5. The van der Waals surface area contributed by atoms with Crippen molar-refractivity contribution >= 4 is 40.1 Å². The number of hydrogen-bond acceptors (Lipinski definition) is 13. The molecule has 0 saturated carbocycles. The van der Waals surface area contributed by atoms with Crippen LogP contribution in [0.25, 0.3) is 28.1 Å². The molecule has 16 heteroatoms. The third kappa shape index (κ3) is 7.86. The highest BCUT2D eigenvalue weighted by molar-refractivity contribution is 5.98. The van der Waals surface area contributed by atoms with Gasteiger partial charge in [0.05, 0.1) is 35.1 Å². The van der Waals surface area contributed by atoms with Gasteiger partial charge in [0, 0.05) is 23.4 Å². The lowest BCUT2D eigenvalue weighted by Gasteiger charge is -2.33. The molecular formula is C37H39F2N11O3. The summed E-state index contributed by atoms with van der Waals surface area (Å²) in [6, 6.07) is 19.2. The number of alkyl halides is 2. The number of benzene rings is 3. The number of methoxy groups -OCH3 is 1. The molecule has 0 amide bonds. The highest BCUT2D eigenvalue weighted by Crippen LogP contribution is 2.30. The Morgan fingerprint density at radius 1 is 0.887 bits per heavy atom. The van der Waals surface area contributed by atoms with Crippen molar-refractivity contribution in [3.8, 4) is 22.8 Å². The minimum absolute atomic E-state index is 0.0307. The molecule has 0 aliphatic carbocycles. The number of aryl methyl sites for hydroxylation is 5. The molecule has 0 radical (unpaired) electrons. The van der Waals surface area contributed by atoms with Crippen LogP contribution in [0.5, 0.6) is 11.5 Å². The van der Waals surface area contributed by atoms with Gasteiger partial charge in [-0.3, -0.25) is 10.3 Å². The number of nitrogens with one attached hydrogen (secondary N) is 2. The van der Waals surface area contributed by atoms with E-state index in [0.717, 1.165) is 50.7 Å². The van der Waals surface area contributed by atoms with E-state index in [2.05, 4.69) is 46.5 Å². The number of amidine groups is 1. The Morgan fingerprint density at radius 3 is 2.21 bits per heavy atom. The molecule has 6 aromatic rings. The number of ether oxygens (including phenoxy) is 2. The van der Waals surface area contributed by atoms with E-state index in [1.54, 1.807) is 31.4 Å². The average molecular weight is 724 g/mol. The number of rotatable bonds is 8. The number of nitrogens with zero attached hydrogens (tertiary/aromatic N) is 6. The molecule has 7 rings (SSSR count). The first-order valence-electron chi connectivity index (χ1n) is 16.4. The summed E-state index contributed by atoms with van der Waals surface area (Å²) in [4.78, 5) is 17.7. The van der Waals surface area contributed by atoms with Gasteiger partial charge in [-0.2, -0.15) is 13.8 Å². The molecule has 0 spiro atoms. The van der Waals surface area contributed by atoms with Crippen LogP contribution in [0.15, 0.2) is 82.3 Å². The lowest BCUT2D eigenvalue weighted by Crippen LogP contribution is -2.52. The maximum Gasteiger partial charge on any atom is 0.387 e. The van der Waals surface area contributed by atoms with Crippen LogP contribution in [-0.4, -0.2) is 44.2 Å². The number of nitrogen functional groups attached to an aromatic ring is 1. The number of nitrogens with two attached hydrogens (primary N) is 3. The van der Waals surface area contributed by atoms with Gasteiger partial charge in [-0.05, 0) is 106 Å². The van der Waals surface area contributed by atoms with Crippen molar-refractivity contribution in [1.82, 2.24) is 30.0 Å². The summed E-state index contributed by atoms with van der Waals surface area (Å²) in [7, 11) is 1.62. The Balaban J connectivity index is 0.000000188. The third-order valence-corrected chi connectivity index (χ3v) is 8.49. The van der Waals surface area contributed by atoms with Crippen LogP contribution >= 0.6 is 0 Å². The van der Waals surface area contributed by atoms with Crippen molar-refractivity contribution in [3.05, 3.63) is 107 Å². The summed E-state index contributed by atoms with van der Waals surface area (Å²) in [6.07, 6.45) is 1.68. The van der Waals surface area contributed by atoms with Gasteiger partial charge in [0.15, 0.2) is 0 Å². The van der Waals surface area contributed by atoms with Crippen molar-refractivity contribution in [1.29, 1.82) is 0 Å². The highest BCUT2D eigenvalue weighted by Gasteiger charge is 2.32. The van der Waals surface area contributed by atoms with Crippen molar-refractivity contribution in [2.45, 2.75) is 47.0 Å². The Morgan fingerprint density at radius 2 is 1.57 bits per heavy atom. The SMILES string of the molecule is COc1ccc(Nc2nc(N)cc(-c3c(C)noc3C)n2)cc1.Cc1cc2nc(C)n(C3=CC(N)=NC(N)(c4ccc(OC(F)F)cc4)N3)c2cc1C. The molecule has 1 unspecified atom stereocenters. The zero-order chi connectivity index (χ0) is 38.0. The summed E-state index contributed by atoms with van der Waals surface area (Å²) in [5.41, 5.74) is 26.2. The van der Waals surface area contributed by atoms with E-state index >= 15 is 0 Å². The number of fused-ring (bicyclic) bond motifs is 1. The molecule has 53 heavy (non-hydrogen) atoms. The fourth-order valence-electron chi connectivity index (χ4n) is 5.84. The van der Waals surface area contributed by atoms with Crippen LogP contribution in [-0.2, 0) is 5.79 Å². The van der Waals surface area contributed by atoms with E-state index < -0.39 is 12.4 Å². The molecule has 3 aromatic heterocycles. The Labute approximate surface area is 303 Å². The first-order chi connectivity index (χ1) is 25.2. The van der Waals surface area contributed by atoms with E-state index in [4.69, 9.17) is 26.5 Å². The Bertz CT molecular complexity index is 2320. The zero-order valence-corrected chi connectivity index (χ0v) is 29.9. The lowest BCUT2D eigenvalue weighted by molar-refractivity contribution is -0.0498. The second kappa shape index (κ2) is 14.6. The maximum atomic E-state index is 12.4. The van der Waals surface area contributed by atoms with Gasteiger partial charge in [0.25, 0.3) is 0 Å². The van der Waals surface area contributed by atoms with Gasteiger partial charge in [0.1, 0.15) is 40.6 Å². The fourth-order valence-corrected chi connectivity index (χ4v) is 5.84. The molecule has 4 heterocycles. The standard InChI is InChI=1S/C21H22F2N6O.C16H17N5O2/c1-11-8-16-17(9-12(11)2)29(13(3)26-16)19-10-18(24)27-21(25,28-19)14-4-6-15(7-5-14)30-20(22)23;1-9-15(10(2)23-21-9)13-8-14(17)20-16(19-13)18-11-4-6-12(22-3)7-5-11/h4-10,20,28H,25H2,1-3H3,(H2,24,27);4-8H,1-3H3,(H3,17,18,19,20). The van der Waals surface area contributed by atoms with E-state index in [-0.39, 0.29) is 11.6 Å². The minimum Gasteiger partial charge on any atom is -0.497 e. The quantitative estimate of drug-likeness (QED) is 0.120. The van der Waals surface area contributed by atoms with Crippen molar-refractivity contribution < 1.29 is 22.8 Å². The van der Waals surface area contributed by atoms with Crippen molar-refractivity contribution in [3.63, 3.8) is 0 Å². The van der Waals surface area contributed by atoms with E-state index in [1.807, 2.05) is 69.5 Å². The minimum atomic E-state index is -2.90. The predicted molar refractivity (Wildman–Crippen MR) is 200 cm³/mol. The molecule has 1 atom stereocenters. The zero-order valence-electron chi connectivity index (χ0n) is 29.9. The van der Waals surface area contributed by atoms with Gasteiger partial charge < -0.3 is 36.1 Å². The predicted octanol–water partition coefficient (Wildman–Crippen LogP) is 6.17. The lowest BCUT2D eigenvalue weighted by atomic mass is 10.1. The highest BCUT2D eigenvalue weighted by atomic mass is 19.3. The maximum absolute atomic E-state index is 12.4. The summed E-state index contributed by atoms with van der Waals surface area (Å²) in [5.74, 6) is 2.48. The second-order valence-corrected chi connectivity index (χ2v) is 12.3. The van der Waals surface area contributed by atoms with Crippen LogP contribution in [0, 0.1) is 34.6 Å². The number of anilines is 3. The van der Waals surface area contributed by atoms with Crippen LogP contribution in [0.4, 0.5) is 26.2 Å². The van der Waals surface area contributed by atoms with Gasteiger partial charge in [-0.1, -0.05) is 5.16 Å². The number of hydrogen-bond donors (Lipinski definition) is 5. The number of imidazole rings is 1. The van der Waals surface area contributed by atoms with E-state index in [1.165, 1.54) is 12.1 Å². The summed E-state index contributed by atoms with van der Waals surface area (Å²) in [5, 5.41) is 10.3. The number of halogens is 2. The number of aromatic nitrogens is 5. The Kier molecular flexibility index (Phi) is 9.98. The van der Waals surface area contributed by atoms with E-state index in [9.17, 15) is 8.78 Å². The fraction of sp³-hybridized carbons (Fsp3) is 0.216. The van der Waals surface area contributed by atoms with Crippen LogP contribution < -0.4 is 37.3 Å². The third-order valence-electron chi connectivity index (χ3n) is 8.49. The van der Waals surface area contributed by atoms with Gasteiger partial charge in [-0.15, -0.1) is 0 Å². The summed E-state index contributed by atoms with van der Waals surface area (Å²) in [6.45, 7) is 6.77. The monoisotopic (exact) mass is 723 g/mol. The molecule has 0 saturated heterocycles. The molecule has 0 fully saturated rings. The van der Waals surface area contributed by atoms with Gasteiger partial charge in [-0.25, -0.2) is 15.0 Å². The molecular weight excluding hydrogens is 684 g/mol. The largest absolute Gasteiger partial charge is 0.497 e. The molecule has 1 aliphatic rings.